The minimum atomic E-state index is -2.73. The predicted octanol–water partition coefficient (Wildman–Crippen LogP) is -1.97. The van der Waals surface area contributed by atoms with Crippen LogP contribution < -0.4 is 0 Å². The maximum atomic E-state index is 12.2. The first kappa shape index (κ1) is 15.0. The summed E-state index contributed by atoms with van der Waals surface area (Å²) in [6.45, 7) is -0.727. The number of benzene rings is 1. The lowest BCUT2D eigenvalue weighted by Crippen LogP contribution is -2.68. The zero-order valence-electron chi connectivity index (χ0n) is 10.5. The van der Waals surface area contributed by atoms with Crippen LogP contribution in [0.3, 0.4) is 0 Å². The summed E-state index contributed by atoms with van der Waals surface area (Å²) in [6, 6.07) is 7.58. The molecule has 0 aromatic heterocycles. The highest BCUT2D eigenvalue weighted by molar-refractivity contribution is 6.01. The van der Waals surface area contributed by atoms with E-state index in [1.807, 2.05) is 0 Å². The summed E-state index contributed by atoms with van der Waals surface area (Å²) < 4.78 is 4.93. The van der Waals surface area contributed by atoms with Crippen LogP contribution in [0.1, 0.15) is 10.4 Å². The Labute approximate surface area is 114 Å². The number of carbonyl (C=O) groups is 1. The number of ketones is 1. The first-order valence-corrected chi connectivity index (χ1v) is 6.07. The molecule has 5 atom stereocenters. The van der Waals surface area contributed by atoms with E-state index in [2.05, 4.69) is 0 Å². The summed E-state index contributed by atoms with van der Waals surface area (Å²) in [5, 5.41) is 48.4. The van der Waals surface area contributed by atoms with Crippen molar-refractivity contribution in [3.63, 3.8) is 0 Å². The fraction of sp³-hybridized carbons (Fsp3) is 0.462. The second-order valence-electron chi connectivity index (χ2n) is 4.66. The van der Waals surface area contributed by atoms with Gasteiger partial charge in [-0.05, 0) is 0 Å². The molecule has 1 aliphatic heterocycles. The second kappa shape index (κ2) is 5.57. The molecule has 0 amide bonds. The molecule has 0 saturated carbocycles. The third-order valence-corrected chi connectivity index (χ3v) is 3.33. The number of aliphatic hydroxyl groups is 5. The molecule has 1 fully saturated rings. The third-order valence-electron chi connectivity index (χ3n) is 3.33. The number of ether oxygens (including phenoxy) is 1. The highest BCUT2D eigenvalue weighted by Gasteiger charge is 2.57. The summed E-state index contributed by atoms with van der Waals surface area (Å²) in [5.74, 6) is -3.69. The van der Waals surface area contributed by atoms with Crippen LogP contribution in [0.4, 0.5) is 0 Å². The van der Waals surface area contributed by atoms with Crippen LogP contribution in [0, 0.1) is 0 Å². The number of hydrogen-bond donors (Lipinski definition) is 5. The number of aliphatic hydroxyl groups excluding tert-OH is 4. The van der Waals surface area contributed by atoms with E-state index in [4.69, 9.17) is 9.84 Å². The Morgan fingerprint density at radius 2 is 1.75 bits per heavy atom. The minimum Gasteiger partial charge on any atom is -0.394 e. The van der Waals surface area contributed by atoms with Gasteiger partial charge in [0.1, 0.15) is 24.4 Å². The van der Waals surface area contributed by atoms with E-state index in [1.54, 1.807) is 18.2 Å². The van der Waals surface area contributed by atoms with Crippen molar-refractivity contribution in [1.82, 2.24) is 0 Å². The van der Waals surface area contributed by atoms with Crippen molar-refractivity contribution in [2.45, 2.75) is 30.2 Å². The maximum Gasteiger partial charge on any atom is 0.261 e. The first-order chi connectivity index (χ1) is 9.41. The number of rotatable bonds is 3. The lowest BCUT2D eigenvalue weighted by Gasteiger charge is -2.44. The zero-order chi connectivity index (χ0) is 14.9. The summed E-state index contributed by atoms with van der Waals surface area (Å²) in [4.78, 5) is 12.2. The lowest BCUT2D eigenvalue weighted by molar-refractivity contribution is -0.322. The van der Waals surface area contributed by atoms with Gasteiger partial charge >= 0.3 is 0 Å². The van der Waals surface area contributed by atoms with E-state index in [9.17, 15) is 25.2 Å². The molecule has 2 rings (SSSR count). The van der Waals surface area contributed by atoms with Crippen LogP contribution in [0.2, 0.25) is 0 Å². The van der Waals surface area contributed by atoms with E-state index in [-0.39, 0.29) is 5.56 Å². The fourth-order valence-electron chi connectivity index (χ4n) is 2.14. The van der Waals surface area contributed by atoms with Gasteiger partial charge in [-0.15, -0.1) is 0 Å². The fourth-order valence-corrected chi connectivity index (χ4v) is 2.14. The number of hydrogen-bond acceptors (Lipinski definition) is 7. The van der Waals surface area contributed by atoms with Crippen LogP contribution >= 0.6 is 0 Å². The van der Waals surface area contributed by atoms with Gasteiger partial charge in [-0.2, -0.15) is 0 Å². The van der Waals surface area contributed by atoms with Gasteiger partial charge in [-0.1, -0.05) is 30.3 Å². The van der Waals surface area contributed by atoms with Gasteiger partial charge in [0.2, 0.25) is 5.78 Å². The van der Waals surface area contributed by atoms with Gasteiger partial charge in [0.05, 0.1) is 6.61 Å². The molecular formula is C13H16O7. The van der Waals surface area contributed by atoms with E-state index < -0.39 is 42.6 Å². The van der Waals surface area contributed by atoms with E-state index in [0.717, 1.165) is 0 Å². The van der Waals surface area contributed by atoms with Gasteiger partial charge in [-0.3, -0.25) is 4.79 Å². The Balaban J connectivity index is 2.34. The molecule has 110 valence electrons. The molecule has 0 bridgehead atoms. The van der Waals surface area contributed by atoms with Gasteiger partial charge in [0, 0.05) is 5.56 Å². The maximum absolute atomic E-state index is 12.2. The van der Waals surface area contributed by atoms with Crippen molar-refractivity contribution in [2.24, 2.45) is 0 Å². The normalized spacial score (nSPS) is 37.6. The molecule has 5 N–H and O–H groups in total. The Morgan fingerprint density at radius 3 is 2.30 bits per heavy atom. The van der Waals surface area contributed by atoms with Crippen molar-refractivity contribution in [3.05, 3.63) is 35.9 Å². The van der Waals surface area contributed by atoms with Gasteiger partial charge < -0.3 is 30.3 Å². The van der Waals surface area contributed by atoms with E-state index in [1.165, 1.54) is 12.1 Å². The molecule has 0 radical (unpaired) electrons. The second-order valence-corrected chi connectivity index (χ2v) is 4.66. The standard InChI is InChI=1S/C13H16O7/c14-6-8-9(15)10(16)12(18)13(19,20-8)11(17)7-4-2-1-3-5-7/h1-5,8-10,12,14-16,18-19H,6H2/t8-,9-,10+,12+,13-/m1/s1. The van der Waals surface area contributed by atoms with Crippen molar-refractivity contribution < 1.29 is 35.1 Å². The van der Waals surface area contributed by atoms with Gasteiger partial charge in [0.25, 0.3) is 5.79 Å². The van der Waals surface area contributed by atoms with Gasteiger partial charge in [-0.25, -0.2) is 0 Å². The monoisotopic (exact) mass is 284 g/mol. The Morgan fingerprint density at radius 1 is 1.15 bits per heavy atom. The van der Waals surface area contributed by atoms with Crippen molar-refractivity contribution in [1.29, 1.82) is 0 Å². The molecule has 1 aromatic carbocycles. The molecule has 7 heteroatoms. The van der Waals surface area contributed by atoms with Crippen molar-refractivity contribution in [3.8, 4) is 0 Å². The SMILES string of the molecule is O=C(c1ccccc1)[C@@]1(O)O[C@H](CO)[C@@H](O)[C@H](O)[C@@H]1O. The molecule has 20 heavy (non-hydrogen) atoms. The smallest absolute Gasteiger partial charge is 0.261 e. The largest absolute Gasteiger partial charge is 0.394 e. The first-order valence-electron chi connectivity index (χ1n) is 6.07. The molecular weight excluding hydrogens is 268 g/mol. The van der Waals surface area contributed by atoms with Crippen LogP contribution in [0.25, 0.3) is 0 Å². The number of Topliss-reactive ketones (excluding diaryl/α,β-unsaturated/α-hetero) is 1. The van der Waals surface area contributed by atoms with Crippen LogP contribution in [-0.4, -0.2) is 68.1 Å². The quantitative estimate of drug-likeness (QED) is 0.407. The van der Waals surface area contributed by atoms with Crippen LogP contribution in [0.15, 0.2) is 30.3 Å². The Kier molecular flexibility index (Phi) is 4.19. The molecule has 7 nitrogen and oxygen atoms in total. The molecule has 0 unspecified atom stereocenters. The molecule has 1 aromatic rings. The van der Waals surface area contributed by atoms with Gasteiger partial charge in [0.15, 0.2) is 0 Å². The third kappa shape index (κ3) is 2.35. The summed E-state index contributed by atoms with van der Waals surface area (Å²) in [5.41, 5.74) is 0.0642. The lowest BCUT2D eigenvalue weighted by atomic mass is 9.88. The molecule has 0 aliphatic carbocycles. The highest BCUT2D eigenvalue weighted by atomic mass is 16.7. The molecule has 1 saturated heterocycles. The topological polar surface area (TPSA) is 127 Å². The van der Waals surface area contributed by atoms with E-state index in [0.29, 0.717) is 0 Å². The average Bonchev–Trinajstić information content (AvgIpc) is 2.49. The Hall–Kier alpha value is -1.35. The summed E-state index contributed by atoms with van der Waals surface area (Å²) >= 11 is 0. The van der Waals surface area contributed by atoms with E-state index >= 15 is 0 Å². The van der Waals surface area contributed by atoms with Crippen molar-refractivity contribution >= 4 is 5.78 Å². The zero-order valence-corrected chi connectivity index (χ0v) is 10.5. The van der Waals surface area contributed by atoms with Crippen molar-refractivity contribution in [2.75, 3.05) is 6.61 Å². The van der Waals surface area contributed by atoms with Crippen LogP contribution in [-0.2, 0) is 4.74 Å². The minimum absolute atomic E-state index is 0.0642. The van der Waals surface area contributed by atoms with Crippen LogP contribution in [0.5, 0.6) is 0 Å². The summed E-state index contributed by atoms with van der Waals surface area (Å²) in [6.07, 6.45) is -6.85. The number of carbonyl (C=O) groups excluding carboxylic acids is 1. The Bertz CT molecular complexity index is 475. The molecule has 1 aliphatic rings. The summed E-state index contributed by atoms with van der Waals surface area (Å²) in [7, 11) is 0. The molecule has 1 heterocycles. The molecule has 0 spiro atoms. The average molecular weight is 284 g/mol. The predicted molar refractivity (Wildman–Crippen MR) is 65.7 cm³/mol. The highest BCUT2D eigenvalue weighted by Crippen LogP contribution is 2.31.